The van der Waals surface area contributed by atoms with Gasteiger partial charge < -0.3 is 0 Å². The third-order valence-electron chi connectivity index (χ3n) is 10.8. The van der Waals surface area contributed by atoms with Gasteiger partial charge in [0.05, 0.1) is 33.1 Å². The Hall–Kier alpha value is -5.16. The molecule has 5 aromatic carbocycles. The molecule has 0 unspecified atom stereocenters. The largest absolute Gasteiger partial charge is 0.276 e. The van der Waals surface area contributed by atoms with E-state index < -0.39 is 0 Å². The molecule has 0 amide bonds. The van der Waals surface area contributed by atoms with Crippen LogP contribution in [-0.2, 0) is 10.8 Å². The predicted octanol–water partition coefficient (Wildman–Crippen LogP) is 8.74. The fourth-order valence-electron chi connectivity index (χ4n) is 8.81. The minimum Gasteiger partial charge on any atom is -0.276 e. The van der Waals surface area contributed by atoms with Crippen LogP contribution < -0.4 is 0 Å². The van der Waals surface area contributed by atoms with Crippen molar-refractivity contribution < 1.29 is 0 Å². The van der Waals surface area contributed by atoms with Crippen LogP contribution in [0.15, 0.2) is 91.0 Å². The van der Waals surface area contributed by atoms with Crippen molar-refractivity contribution in [2.45, 2.75) is 38.5 Å². The summed E-state index contributed by atoms with van der Waals surface area (Å²) >= 11 is 0. The Morgan fingerprint density at radius 2 is 0.907 bits per heavy atom. The van der Waals surface area contributed by atoms with E-state index >= 15 is 0 Å². The van der Waals surface area contributed by atoms with Gasteiger partial charge in [-0.05, 0) is 57.6 Å². The average Bonchev–Trinajstić information content (AvgIpc) is 3.81. The first kappa shape index (κ1) is 22.4. The summed E-state index contributed by atoms with van der Waals surface area (Å²) in [7, 11) is 0. The van der Waals surface area contributed by atoms with E-state index in [9.17, 15) is 0 Å². The van der Waals surface area contributed by atoms with E-state index in [4.69, 9.17) is 9.97 Å². The first-order valence-electron chi connectivity index (χ1n) is 15.1. The quantitative estimate of drug-likeness (QED) is 0.188. The summed E-state index contributed by atoms with van der Waals surface area (Å²) in [5.74, 6) is 1.83. The third kappa shape index (κ3) is 2.25. The molecule has 4 aromatic heterocycles. The number of aromatic nitrogens is 5. The molecule has 0 saturated carbocycles. The summed E-state index contributed by atoms with van der Waals surface area (Å²) in [5.41, 5.74) is 18.3. The Kier molecular flexibility index (Phi) is 3.51. The number of hydrogen-bond acceptors (Lipinski definition) is 2. The Bertz CT molecular complexity index is 2550. The SMILES string of the molecule is CC1(C)c2ccccc2-c2c1ccc1c2nc2n1c1cccc3c1n2c1nc2c4c(ccc2n31)C(C)(C)c1ccccc1-4. The topological polar surface area (TPSA) is 39.0 Å². The number of rotatable bonds is 0. The summed E-state index contributed by atoms with van der Waals surface area (Å²) in [6.07, 6.45) is 0. The Balaban J connectivity index is 1.32. The Morgan fingerprint density at radius 3 is 1.40 bits per heavy atom. The van der Waals surface area contributed by atoms with Crippen LogP contribution in [-0.4, -0.2) is 23.2 Å². The second-order valence-corrected chi connectivity index (χ2v) is 13.5. The molecule has 43 heavy (non-hydrogen) atoms. The van der Waals surface area contributed by atoms with Crippen LogP contribution >= 0.6 is 0 Å². The number of benzene rings is 5. The number of fused-ring (bicyclic) bond motifs is 18. The summed E-state index contributed by atoms with van der Waals surface area (Å²) in [6.45, 7) is 9.32. The van der Waals surface area contributed by atoms with Crippen molar-refractivity contribution >= 4 is 50.2 Å². The summed E-state index contributed by atoms with van der Waals surface area (Å²) in [6, 6.07) is 33.5. The zero-order chi connectivity index (χ0) is 28.6. The molecular formula is C38H27N5. The van der Waals surface area contributed by atoms with Crippen molar-refractivity contribution in [3.05, 3.63) is 113 Å². The van der Waals surface area contributed by atoms with Gasteiger partial charge in [-0.15, -0.1) is 0 Å². The molecule has 0 bridgehead atoms. The van der Waals surface area contributed by atoms with Crippen molar-refractivity contribution in [1.29, 1.82) is 0 Å². The highest BCUT2D eigenvalue weighted by Crippen LogP contribution is 2.53. The van der Waals surface area contributed by atoms with Crippen molar-refractivity contribution in [3.63, 3.8) is 0 Å². The van der Waals surface area contributed by atoms with E-state index in [0.717, 1.165) is 44.7 Å². The van der Waals surface area contributed by atoms with Crippen LogP contribution in [0.4, 0.5) is 0 Å². The van der Waals surface area contributed by atoms with Crippen LogP contribution in [0.2, 0.25) is 0 Å². The number of imidazole rings is 4. The lowest BCUT2D eigenvalue weighted by Gasteiger charge is -2.21. The third-order valence-corrected chi connectivity index (χ3v) is 10.8. The molecule has 0 radical (unpaired) electrons. The van der Waals surface area contributed by atoms with E-state index in [1.165, 1.54) is 50.0 Å². The van der Waals surface area contributed by atoms with E-state index in [1.54, 1.807) is 0 Å². The minimum atomic E-state index is -0.0642. The lowest BCUT2D eigenvalue weighted by Crippen LogP contribution is -2.14. The highest BCUT2D eigenvalue weighted by molar-refractivity contribution is 6.09. The molecule has 0 fully saturated rings. The maximum atomic E-state index is 5.47. The molecule has 5 nitrogen and oxygen atoms in total. The number of para-hydroxylation sites is 1. The van der Waals surface area contributed by atoms with Crippen molar-refractivity contribution in [1.82, 2.24) is 23.2 Å². The zero-order valence-electron chi connectivity index (χ0n) is 24.4. The predicted molar refractivity (Wildman–Crippen MR) is 174 cm³/mol. The fourth-order valence-corrected chi connectivity index (χ4v) is 8.81. The molecule has 11 rings (SSSR count). The van der Waals surface area contributed by atoms with Crippen LogP contribution in [0.3, 0.4) is 0 Å². The first-order chi connectivity index (χ1) is 20.9. The van der Waals surface area contributed by atoms with Gasteiger partial charge in [0, 0.05) is 22.0 Å². The Morgan fingerprint density at radius 1 is 0.442 bits per heavy atom. The smallest absolute Gasteiger partial charge is 0.223 e. The summed E-state index contributed by atoms with van der Waals surface area (Å²) in [4.78, 5) is 10.9. The molecule has 0 aliphatic heterocycles. The van der Waals surface area contributed by atoms with Gasteiger partial charge in [-0.2, -0.15) is 0 Å². The fraction of sp³-hybridized carbons (Fsp3) is 0.158. The highest BCUT2D eigenvalue weighted by atomic mass is 15.3. The van der Waals surface area contributed by atoms with Gasteiger partial charge in [0.1, 0.15) is 5.52 Å². The standard InChI is InChI=1S/C38H27N5/c1-37(2)22-12-7-5-10-20(22)30-24(37)16-18-26-32(30)39-35-41(26)28-14-9-15-29-34(28)43(35)36-40-33-27(42(29)36)19-17-25-31(33)21-11-6-8-13-23(21)38(25,3)4/h5-19H,1-4H3. The van der Waals surface area contributed by atoms with Gasteiger partial charge in [-0.3, -0.25) is 8.80 Å². The van der Waals surface area contributed by atoms with Gasteiger partial charge in [-0.1, -0.05) is 94.4 Å². The summed E-state index contributed by atoms with van der Waals surface area (Å²) < 4.78 is 6.98. The maximum Gasteiger partial charge on any atom is 0.223 e. The zero-order valence-corrected chi connectivity index (χ0v) is 24.4. The molecule has 4 heterocycles. The maximum absolute atomic E-state index is 5.47. The average molecular weight is 554 g/mol. The molecule has 2 aliphatic rings. The molecule has 204 valence electrons. The molecule has 0 atom stereocenters. The first-order valence-corrected chi connectivity index (χ1v) is 15.1. The van der Waals surface area contributed by atoms with Gasteiger partial charge >= 0.3 is 0 Å². The van der Waals surface area contributed by atoms with Gasteiger partial charge in [-0.25, -0.2) is 14.4 Å². The van der Waals surface area contributed by atoms with Crippen LogP contribution in [0.1, 0.15) is 49.9 Å². The van der Waals surface area contributed by atoms with E-state index in [1.807, 2.05) is 0 Å². The minimum absolute atomic E-state index is 0.0642. The molecular weight excluding hydrogens is 526 g/mol. The second kappa shape index (κ2) is 6.73. The molecule has 0 spiro atoms. The van der Waals surface area contributed by atoms with E-state index in [2.05, 4.69) is 132 Å². The molecule has 9 aromatic rings. The van der Waals surface area contributed by atoms with Crippen molar-refractivity contribution in [2.75, 3.05) is 0 Å². The lowest BCUT2D eigenvalue weighted by atomic mass is 9.82. The number of hydrogen-bond donors (Lipinski definition) is 0. The normalized spacial score (nSPS) is 16.3. The summed E-state index contributed by atoms with van der Waals surface area (Å²) in [5, 5.41) is 0. The highest BCUT2D eigenvalue weighted by Gasteiger charge is 2.39. The molecule has 2 aliphatic carbocycles. The number of nitrogens with zero attached hydrogens (tertiary/aromatic N) is 5. The molecule has 5 heteroatoms. The molecule has 0 N–H and O–H groups in total. The monoisotopic (exact) mass is 553 g/mol. The van der Waals surface area contributed by atoms with E-state index in [0.29, 0.717) is 0 Å². The van der Waals surface area contributed by atoms with Crippen LogP contribution in [0.25, 0.3) is 72.4 Å². The van der Waals surface area contributed by atoms with Gasteiger partial charge in [0.2, 0.25) is 11.6 Å². The van der Waals surface area contributed by atoms with Crippen LogP contribution in [0, 0.1) is 0 Å². The van der Waals surface area contributed by atoms with Gasteiger partial charge in [0.25, 0.3) is 0 Å². The van der Waals surface area contributed by atoms with Crippen molar-refractivity contribution in [2.24, 2.45) is 0 Å². The van der Waals surface area contributed by atoms with E-state index in [-0.39, 0.29) is 10.8 Å². The van der Waals surface area contributed by atoms with Crippen LogP contribution in [0.5, 0.6) is 0 Å². The molecule has 0 saturated heterocycles. The lowest BCUT2D eigenvalue weighted by molar-refractivity contribution is 0.660. The second-order valence-electron chi connectivity index (χ2n) is 13.5. The van der Waals surface area contributed by atoms with Gasteiger partial charge in [0.15, 0.2) is 0 Å². The van der Waals surface area contributed by atoms with Crippen molar-refractivity contribution in [3.8, 4) is 22.3 Å². The Labute approximate surface area is 247 Å².